The van der Waals surface area contributed by atoms with Crippen molar-refractivity contribution in [2.75, 3.05) is 14.2 Å². The van der Waals surface area contributed by atoms with Gasteiger partial charge in [-0.05, 0) is 41.0 Å². The van der Waals surface area contributed by atoms with Gasteiger partial charge in [-0.3, -0.25) is 0 Å². The van der Waals surface area contributed by atoms with Crippen molar-refractivity contribution in [1.29, 1.82) is 0 Å². The van der Waals surface area contributed by atoms with Crippen molar-refractivity contribution in [2.24, 2.45) is 11.8 Å². The van der Waals surface area contributed by atoms with Gasteiger partial charge in [0, 0.05) is 30.3 Å². The Hall–Kier alpha value is -2.82. The van der Waals surface area contributed by atoms with Crippen molar-refractivity contribution in [3.63, 3.8) is 0 Å². The average Bonchev–Trinajstić information content (AvgIpc) is 2.84. The topological polar surface area (TPSA) is 50.7 Å². The highest BCUT2D eigenvalue weighted by molar-refractivity contribution is 5.35. The lowest BCUT2D eigenvalue weighted by molar-refractivity contribution is -0.110. The Morgan fingerprint density at radius 1 is 0.719 bits per heavy atom. The number of rotatable bonds is 6. The standard InChI is InChI=1S/C28H33NO3/c1-19-26(22-10-14-24(31-3)15-11-22)29-27(23-12-16-25(32-4)17-13-23)20(2)28(19,30)18-21-8-6-5-7-9-21/h5-17,19-20,26-27,29-30H,18H2,1-4H3. The van der Waals surface area contributed by atoms with Crippen molar-refractivity contribution >= 4 is 0 Å². The predicted octanol–water partition coefficient (Wildman–Crippen LogP) is 5.34. The molecule has 4 heteroatoms. The highest BCUT2D eigenvalue weighted by atomic mass is 16.5. The normalized spacial score (nSPS) is 27.7. The summed E-state index contributed by atoms with van der Waals surface area (Å²) in [7, 11) is 3.35. The zero-order valence-electron chi connectivity index (χ0n) is 19.3. The van der Waals surface area contributed by atoms with Gasteiger partial charge >= 0.3 is 0 Å². The van der Waals surface area contributed by atoms with Gasteiger partial charge in [0.25, 0.3) is 0 Å². The maximum Gasteiger partial charge on any atom is 0.118 e. The molecule has 3 aromatic rings. The third-order valence-corrected chi connectivity index (χ3v) is 7.22. The molecule has 0 amide bonds. The number of aliphatic hydroxyl groups is 1. The second-order valence-corrected chi connectivity index (χ2v) is 8.90. The number of hydrogen-bond donors (Lipinski definition) is 2. The number of methoxy groups -OCH3 is 2. The summed E-state index contributed by atoms with van der Waals surface area (Å²) in [5.74, 6) is 1.66. The summed E-state index contributed by atoms with van der Waals surface area (Å²) in [5.41, 5.74) is 2.56. The third kappa shape index (κ3) is 4.25. The SMILES string of the molecule is COc1ccc(C2NC(c3ccc(OC)cc3)C(C)C(O)(Cc3ccccc3)C2C)cc1. The van der Waals surface area contributed by atoms with E-state index in [0.717, 1.165) is 28.2 Å². The van der Waals surface area contributed by atoms with Crippen LogP contribution in [-0.4, -0.2) is 24.9 Å². The minimum Gasteiger partial charge on any atom is -0.497 e. The first-order valence-corrected chi connectivity index (χ1v) is 11.3. The van der Waals surface area contributed by atoms with E-state index in [0.29, 0.717) is 6.42 Å². The first-order chi connectivity index (χ1) is 15.5. The number of hydrogen-bond acceptors (Lipinski definition) is 4. The van der Waals surface area contributed by atoms with Gasteiger partial charge in [0.05, 0.1) is 19.8 Å². The minimum absolute atomic E-state index is 0.000555. The molecule has 0 bridgehead atoms. The van der Waals surface area contributed by atoms with E-state index in [2.05, 4.69) is 55.6 Å². The van der Waals surface area contributed by atoms with Gasteiger partial charge in [-0.15, -0.1) is 0 Å². The molecule has 1 saturated heterocycles. The maximum atomic E-state index is 12.2. The quantitative estimate of drug-likeness (QED) is 0.553. The molecule has 1 heterocycles. The van der Waals surface area contributed by atoms with Crippen molar-refractivity contribution in [2.45, 2.75) is 38.0 Å². The van der Waals surface area contributed by atoms with Crippen LogP contribution in [0.15, 0.2) is 78.9 Å². The van der Waals surface area contributed by atoms with Gasteiger partial charge < -0.3 is 19.9 Å². The van der Waals surface area contributed by atoms with Gasteiger partial charge in [-0.2, -0.15) is 0 Å². The van der Waals surface area contributed by atoms with Crippen LogP contribution in [0.1, 0.15) is 42.6 Å². The minimum atomic E-state index is -0.887. The molecule has 0 spiro atoms. The van der Waals surface area contributed by atoms with Crippen molar-refractivity contribution < 1.29 is 14.6 Å². The van der Waals surface area contributed by atoms with Gasteiger partial charge in [0.2, 0.25) is 0 Å². The van der Waals surface area contributed by atoms with Gasteiger partial charge in [0.1, 0.15) is 11.5 Å². The Morgan fingerprint density at radius 2 is 1.16 bits per heavy atom. The third-order valence-electron chi connectivity index (χ3n) is 7.22. The first-order valence-electron chi connectivity index (χ1n) is 11.3. The molecular weight excluding hydrogens is 398 g/mol. The molecule has 4 rings (SSSR count). The Kier molecular flexibility index (Phi) is 6.54. The van der Waals surface area contributed by atoms with E-state index in [-0.39, 0.29) is 23.9 Å². The summed E-state index contributed by atoms with van der Waals surface area (Å²) in [6.07, 6.45) is 0.608. The summed E-state index contributed by atoms with van der Waals surface area (Å²) in [4.78, 5) is 0. The van der Waals surface area contributed by atoms with Crippen LogP contribution in [0.3, 0.4) is 0 Å². The number of piperidine rings is 1. The van der Waals surface area contributed by atoms with Gasteiger partial charge in [-0.25, -0.2) is 0 Å². The largest absolute Gasteiger partial charge is 0.497 e. The van der Waals surface area contributed by atoms with E-state index < -0.39 is 5.60 Å². The lowest BCUT2D eigenvalue weighted by Gasteiger charge is -2.52. The Labute approximate surface area is 191 Å². The van der Waals surface area contributed by atoms with Gasteiger partial charge in [-0.1, -0.05) is 68.4 Å². The number of benzene rings is 3. The molecule has 1 fully saturated rings. The van der Waals surface area contributed by atoms with E-state index in [1.807, 2.05) is 42.5 Å². The Bertz CT molecular complexity index is 942. The summed E-state index contributed by atoms with van der Waals surface area (Å²) in [5, 5.41) is 16.1. The van der Waals surface area contributed by atoms with Crippen LogP contribution in [0.2, 0.25) is 0 Å². The van der Waals surface area contributed by atoms with E-state index in [9.17, 15) is 5.11 Å². The van der Waals surface area contributed by atoms with Crippen molar-refractivity contribution in [1.82, 2.24) is 5.32 Å². The molecular formula is C28H33NO3. The van der Waals surface area contributed by atoms with Crippen molar-refractivity contribution in [3.8, 4) is 11.5 Å². The van der Waals surface area contributed by atoms with E-state index in [1.165, 1.54) is 0 Å². The summed E-state index contributed by atoms with van der Waals surface area (Å²) < 4.78 is 10.7. The molecule has 0 radical (unpaired) electrons. The maximum absolute atomic E-state index is 12.2. The molecule has 1 aliphatic heterocycles. The Morgan fingerprint density at radius 3 is 1.56 bits per heavy atom. The lowest BCUT2D eigenvalue weighted by Crippen LogP contribution is -2.58. The number of ether oxygens (including phenoxy) is 2. The van der Waals surface area contributed by atoms with E-state index in [1.54, 1.807) is 14.2 Å². The fraction of sp³-hybridized carbons (Fsp3) is 0.357. The van der Waals surface area contributed by atoms with Crippen LogP contribution in [0.25, 0.3) is 0 Å². The van der Waals surface area contributed by atoms with Crippen LogP contribution in [0.4, 0.5) is 0 Å². The van der Waals surface area contributed by atoms with Gasteiger partial charge in [0.15, 0.2) is 0 Å². The molecule has 2 N–H and O–H groups in total. The van der Waals surface area contributed by atoms with Crippen LogP contribution in [-0.2, 0) is 6.42 Å². The summed E-state index contributed by atoms with van der Waals surface area (Å²) in [6.45, 7) is 4.32. The molecule has 32 heavy (non-hydrogen) atoms. The molecule has 0 aromatic heterocycles. The van der Waals surface area contributed by atoms with Crippen molar-refractivity contribution in [3.05, 3.63) is 95.6 Å². The highest BCUT2D eigenvalue weighted by Gasteiger charge is 2.51. The second-order valence-electron chi connectivity index (χ2n) is 8.90. The van der Waals surface area contributed by atoms with Crippen LogP contribution < -0.4 is 14.8 Å². The summed E-state index contributed by atoms with van der Waals surface area (Å²) >= 11 is 0. The zero-order valence-corrected chi connectivity index (χ0v) is 19.3. The average molecular weight is 432 g/mol. The fourth-order valence-corrected chi connectivity index (χ4v) is 5.11. The highest BCUT2D eigenvalue weighted by Crippen LogP contribution is 2.48. The molecule has 168 valence electrons. The predicted molar refractivity (Wildman–Crippen MR) is 128 cm³/mol. The molecule has 1 aliphatic rings. The fourth-order valence-electron chi connectivity index (χ4n) is 5.11. The molecule has 4 unspecified atom stereocenters. The van der Waals surface area contributed by atoms with E-state index in [4.69, 9.17) is 9.47 Å². The monoisotopic (exact) mass is 431 g/mol. The smallest absolute Gasteiger partial charge is 0.118 e. The van der Waals surface area contributed by atoms with Crippen LogP contribution in [0, 0.1) is 11.8 Å². The number of nitrogens with one attached hydrogen (secondary N) is 1. The second kappa shape index (κ2) is 9.35. The van der Waals surface area contributed by atoms with E-state index >= 15 is 0 Å². The summed E-state index contributed by atoms with van der Waals surface area (Å²) in [6, 6.07) is 26.6. The van der Waals surface area contributed by atoms with Crippen LogP contribution in [0.5, 0.6) is 11.5 Å². The zero-order chi connectivity index (χ0) is 22.7. The van der Waals surface area contributed by atoms with Crippen LogP contribution >= 0.6 is 0 Å². The molecule has 4 atom stereocenters. The molecule has 3 aromatic carbocycles. The molecule has 4 nitrogen and oxygen atoms in total. The molecule has 0 saturated carbocycles. The lowest BCUT2D eigenvalue weighted by atomic mass is 9.64. The first kappa shape index (κ1) is 22.4. The molecule has 0 aliphatic carbocycles. The Balaban J connectivity index is 1.74.